The van der Waals surface area contributed by atoms with Crippen LogP contribution in [0.3, 0.4) is 0 Å². The van der Waals surface area contributed by atoms with Crippen molar-refractivity contribution in [3.63, 3.8) is 0 Å². The normalized spacial score (nSPS) is 11.2. The molecule has 0 saturated heterocycles. The van der Waals surface area contributed by atoms with Gasteiger partial charge in [0, 0.05) is 11.8 Å². The van der Waals surface area contributed by atoms with Crippen molar-refractivity contribution in [2.75, 3.05) is 0 Å². The highest BCUT2D eigenvalue weighted by atomic mass is 32.2. The second kappa shape index (κ2) is 6.70. The van der Waals surface area contributed by atoms with Gasteiger partial charge >= 0.3 is 0 Å². The Labute approximate surface area is 128 Å². The lowest BCUT2D eigenvalue weighted by molar-refractivity contribution is 0.579. The molecule has 2 aromatic rings. The summed E-state index contributed by atoms with van der Waals surface area (Å²) < 4.78 is 26.7. The topological polar surface area (TPSA) is 98.0 Å². The summed E-state index contributed by atoms with van der Waals surface area (Å²) in [5, 5.41) is 7.51. The quantitative estimate of drug-likeness (QED) is 0.761. The van der Waals surface area contributed by atoms with E-state index in [2.05, 4.69) is 14.9 Å². The first kappa shape index (κ1) is 15.5. The van der Waals surface area contributed by atoms with E-state index >= 15 is 0 Å². The second-order valence-electron chi connectivity index (χ2n) is 4.32. The van der Waals surface area contributed by atoms with E-state index in [1.165, 1.54) is 6.20 Å². The Morgan fingerprint density at radius 2 is 2.00 bits per heavy atom. The van der Waals surface area contributed by atoms with Crippen molar-refractivity contribution in [1.82, 2.24) is 14.9 Å². The van der Waals surface area contributed by atoms with E-state index in [1.807, 2.05) is 0 Å². The average Bonchev–Trinajstić information content (AvgIpc) is 2.46. The first-order valence-corrected chi connectivity index (χ1v) is 8.15. The van der Waals surface area contributed by atoms with E-state index < -0.39 is 10.0 Å². The molecular weight excluding hydrogens is 308 g/mol. The van der Waals surface area contributed by atoms with Gasteiger partial charge in [0.15, 0.2) is 0 Å². The van der Waals surface area contributed by atoms with Crippen LogP contribution in [0, 0.1) is 0 Å². The number of hydrogen-bond acceptors (Lipinski definition) is 5. The predicted molar refractivity (Wildman–Crippen MR) is 83.8 cm³/mol. The molecule has 21 heavy (non-hydrogen) atoms. The van der Waals surface area contributed by atoms with Crippen molar-refractivity contribution < 1.29 is 8.42 Å². The number of nitrogens with zero attached hydrogens (tertiary/aromatic N) is 2. The summed E-state index contributed by atoms with van der Waals surface area (Å²) in [5.74, 6) is -0.194. The smallest absolute Gasteiger partial charge is 0.216 e. The van der Waals surface area contributed by atoms with Crippen LogP contribution in [-0.2, 0) is 22.3 Å². The first-order valence-electron chi connectivity index (χ1n) is 6.09. The van der Waals surface area contributed by atoms with Crippen molar-refractivity contribution >= 4 is 27.2 Å². The van der Waals surface area contributed by atoms with Crippen LogP contribution < -0.4 is 10.5 Å². The maximum atomic E-state index is 12.1. The zero-order valence-electron chi connectivity index (χ0n) is 11.1. The molecule has 0 bridgehead atoms. The van der Waals surface area contributed by atoms with E-state index in [1.54, 1.807) is 36.4 Å². The molecule has 0 amide bonds. The zero-order valence-corrected chi connectivity index (χ0v) is 12.7. The van der Waals surface area contributed by atoms with Crippen LogP contribution >= 0.6 is 12.2 Å². The number of nitrogens with one attached hydrogen (secondary N) is 1. The standard InChI is InChI=1S/C13H14N4O2S2/c14-13(20)12-6-2-1-4-10(12)9-21(18,19)16-8-11-5-3-7-15-17-11/h1-7,16H,8-9H2,(H2,14,20). The van der Waals surface area contributed by atoms with E-state index in [0.717, 1.165) is 0 Å². The number of hydrogen-bond donors (Lipinski definition) is 2. The molecule has 6 nitrogen and oxygen atoms in total. The Morgan fingerprint density at radius 3 is 2.67 bits per heavy atom. The van der Waals surface area contributed by atoms with Gasteiger partial charge in [0.05, 0.1) is 18.0 Å². The molecular formula is C13H14N4O2S2. The monoisotopic (exact) mass is 322 g/mol. The van der Waals surface area contributed by atoms with Crippen molar-refractivity contribution in [2.24, 2.45) is 5.73 Å². The maximum absolute atomic E-state index is 12.1. The number of aromatic nitrogens is 2. The van der Waals surface area contributed by atoms with Crippen LogP contribution in [0.1, 0.15) is 16.8 Å². The molecule has 0 unspecified atom stereocenters. The molecule has 0 aliphatic heterocycles. The van der Waals surface area contributed by atoms with Crippen LogP contribution in [0.25, 0.3) is 0 Å². The molecule has 2 rings (SSSR count). The molecule has 3 N–H and O–H groups in total. The number of sulfonamides is 1. The molecule has 0 saturated carbocycles. The minimum atomic E-state index is -3.52. The van der Waals surface area contributed by atoms with Gasteiger partial charge in [-0.25, -0.2) is 13.1 Å². The Morgan fingerprint density at radius 1 is 1.24 bits per heavy atom. The van der Waals surface area contributed by atoms with E-state index in [9.17, 15) is 8.42 Å². The molecule has 1 aromatic carbocycles. The molecule has 0 radical (unpaired) electrons. The molecule has 0 aliphatic carbocycles. The molecule has 8 heteroatoms. The Kier molecular flexibility index (Phi) is 4.94. The van der Waals surface area contributed by atoms with Crippen molar-refractivity contribution in [2.45, 2.75) is 12.3 Å². The fourth-order valence-corrected chi connectivity index (χ4v) is 3.08. The number of rotatable bonds is 6. The van der Waals surface area contributed by atoms with Crippen LogP contribution in [-0.4, -0.2) is 23.6 Å². The number of nitrogens with two attached hydrogens (primary N) is 1. The van der Waals surface area contributed by atoms with Crippen LogP contribution in [0.15, 0.2) is 42.6 Å². The third kappa shape index (κ3) is 4.55. The molecule has 0 atom stereocenters. The minimum Gasteiger partial charge on any atom is -0.389 e. The fraction of sp³-hybridized carbons (Fsp3) is 0.154. The van der Waals surface area contributed by atoms with E-state index in [4.69, 9.17) is 18.0 Å². The third-order valence-electron chi connectivity index (χ3n) is 2.73. The van der Waals surface area contributed by atoms with Gasteiger partial charge in [-0.3, -0.25) is 0 Å². The molecule has 1 aromatic heterocycles. The first-order chi connectivity index (χ1) is 9.98. The highest BCUT2D eigenvalue weighted by Gasteiger charge is 2.15. The van der Waals surface area contributed by atoms with Gasteiger partial charge in [-0.05, 0) is 17.7 Å². The van der Waals surface area contributed by atoms with E-state index in [0.29, 0.717) is 16.8 Å². The molecule has 110 valence electrons. The third-order valence-corrected chi connectivity index (χ3v) is 4.22. The lowest BCUT2D eigenvalue weighted by Crippen LogP contribution is -2.26. The lowest BCUT2D eigenvalue weighted by atomic mass is 10.1. The van der Waals surface area contributed by atoms with Crippen molar-refractivity contribution in [1.29, 1.82) is 0 Å². The lowest BCUT2D eigenvalue weighted by Gasteiger charge is -2.09. The van der Waals surface area contributed by atoms with Crippen LogP contribution in [0.2, 0.25) is 0 Å². The minimum absolute atomic E-state index is 0.0887. The highest BCUT2D eigenvalue weighted by molar-refractivity contribution is 7.88. The largest absolute Gasteiger partial charge is 0.389 e. The van der Waals surface area contributed by atoms with Gasteiger partial charge in [-0.2, -0.15) is 10.2 Å². The summed E-state index contributed by atoms with van der Waals surface area (Å²) in [4.78, 5) is 0.176. The summed E-state index contributed by atoms with van der Waals surface area (Å²) in [6.07, 6.45) is 1.52. The van der Waals surface area contributed by atoms with Crippen LogP contribution in [0.5, 0.6) is 0 Å². The van der Waals surface area contributed by atoms with E-state index in [-0.39, 0.29) is 17.3 Å². The molecule has 0 aliphatic rings. The van der Waals surface area contributed by atoms with Gasteiger partial charge in [0.2, 0.25) is 10.0 Å². The van der Waals surface area contributed by atoms with Gasteiger partial charge in [-0.1, -0.05) is 36.5 Å². The number of benzene rings is 1. The summed E-state index contributed by atoms with van der Waals surface area (Å²) in [7, 11) is -3.52. The highest BCUT2D eigenvalue weighted by Crippen LogP contribution is 2.12. The predicted octanol–water partition coefficient (Wildman–Crippen LogP) is 0.730. The zero-order chi connectivity index (χ0) is 15.3. The molecule has 0 spiro atoms. The number of thiocarbonyl (C=S) groups is 1. The van der Waals surface area contributed by atoms with Crippen molar-refractivity contribution in [3.05, 3.63) is 59.4 Å². The van der Waals surface area contributed by atoms with Gasteiger partial charge in [-0.15, -0.1) is 0 Å². The summed E-state index contributed by atoms with van der Waals surface area (Å²) in [6.45, 7) is 0.0887. The maximum Gasteiger partial charge on any atom is 0.216 e. The van der Waals surface area contributed by atoms with Gasteiger partial charge in [0.25, 0.3) is 0 Å². The summed E-state index contributed by atoms with van der Waals surface area (Å²) >= 11 is 4.92. The molecule has 1 heterocycles. The van der Waals surface area contributed by atoms with Gasteiger partial charge in [0.1, 0.15) is 4.99 Å². The Balaban J connectivity index is 2.10. The fourth-order valence-electron chi connectivity index (χ4n) is 1.75. The summed E-state index contributed by atoms with van der Waals surface area (Å²) in [5.41, 5.74) is 7.27. The molecule has 0 fully saturated rings. The Hall–Kier alpha value is -1.90. The summed E-state index contributed by atoms with van der Waals surface area (Å²) in [6, 6.07) is 10.3. The van der Waals surface area contributed by atoms with Crippen LogP contribution in [0.4, 0.5) is 0 Å². The van der Waals surface area contributed by atoms with Crippen molar-refractivity contribution in [3.8, 4) is 0 Å². The second-order valence-corrected chi connectivity index (χ2v) is 6.56. The Bertz CT molecular complexity index is 733. The average molecular weight is 322 g/mol. The van der Waals surface area contributed by atoms with Gasteiger partial charge < -0.3 is 5.73 Å². The SMILES string of the molecule is NC(=S)c1ccccc1CS(=O)(=O)NCc1cccnn1.